The molecule has 1 aliphatic heterocycles. The number of rotatable bonds is 5. The van der Waals surface area contributed by atoms with Crippen LogP contribution in [0.4, 0.5) is 13.2 Å². The fourth-order valence-corrected chi connectivity index (χ4v) is 3.57. The number of benzene rings is 2. The summed E-state index contributed by atoms with van der Waals surface area (Å²) >= 11 is 0. The molecule has 1 saturated heterocycles. The van der Waals surface area contributed by atoms with Crippen molar-refractivity contribution in [2.75, 3.05) is 32.8 Å². The number of morpholine rings is 1. The van der Waals surface area contributed by atoms with Crippen LogP contribution in [0.5, 0.6) is 0 Å². The van der Waals surface area contributed by atoms with Gasteiger partial charge in [-0.2, -0.15) is 18.3 Å². The van der Waals surface area contributed by atoms with Gasteiger partial charge in [-0.15, -0.1) is 0 Å². The molecule has 162 valence electrons. The van der Waals surface area contributed by atoms with E-state index in [1.807, 2.05) is 18.2 Å². The monoisotopic (exact) mass is 429 g/mol. The van der Waals surface area contributed by atoms with Crippen molar-refractivity contribution in [3.8, 4) is 22.4 Å². The Bertz CT molecular complexity index is 1090. The van der Waals surface area contributed by atoms with E-state index in [4.69, 9.17) is 4.74 Å². The normalized spacial score (nSPS) is 15.2. The third-order valence-electron chi connectivity index (χ3n) is 5.28. The first kappa shape index (κ1) is 21.3. The molecule has 5 nitrogen and oxygen atoms in total. The zero-order valence-electron chi connectivity index (χ0n) is 16.8. The second kappa shape index (κ2) is 9.03. The Morgan fingerprint density at radius 2 is 1.61 bits per heavy atom. The Morgan fingerprint density at radius 1 is 0.903 bits per heavy atom. The summed E-state index contributed by atoms with van der Waals surface area (Å²) in [6.07, 6.45) is -4.46. The minimum atomic E-state index is -4.46. The molecular formula is C23H22F3N3O2. The van der Waals surface area contributed by atoms with Gasteiger partial charge < -0.3 is 4.74 Å². The predicted molar refractivity (Wildman–Crippen MR) is 112 cm³/mol. The first-order chi connectivity index (χ1) is 14.9. The average Bonchev–Trinajstić information content (AvgIpc) is 2.79. The van der Waals surface area contributed by atoms with E-state index in [-0.39, 0.29) is 5.56 Å². The van der Waals surface area contributed by atoms with E-state index < -0.39 is 11.7 Å². The van der Waals surface area contributed by atoms with Gasteiger partial charge in [0.05, 0.1) is 36.6 Å². The van der Waals surface area contributed by atoms with Gasteiger partial charge in [-0.3, -0.25) is 9.69 Å². The Kier molecular flexibility index (Phi) is 6.20. The van der Waals surface area contributed by atoms with Gasteiger partial charge in [0.1, 0.15) is 0 Å². The van der Waals surface area contributed by atoms with Crippen molar-refractivity contribution in [3.05, 3.63) is 76.6 Å². The summed E-state index contributed by atoms with van der Waals surface area (Å²) in [6, 6.07) is 15.7. The molecule has 31 heavy (non-hydrogen) atoms. The zero-order chi connectivity index (χ0) is 21.8. The fourth-order valence-electron chi connectivity index (χ4n) is 3.57. The molecule has 1 aliphatic rings. The van der Waals surface area contributed by atoms with Gasteiger partial charge >= 0.3 is 6.18 Å². The third-order valence-corrected chi connectivity index (χ3v) is 5.28. The van der Waals surface area contributed by atoms with Gasteiger partial charge in [0, 0.05) is 25.2 Å². The van der Waals surface area contributed by atoms with E-state index in [0.717, 1.165) is 25.2 Å². The van der Waals surface area contributed by atoms with Gasteiger partial charge in [-0.1, -0.05) is 42.5 Å². The lowest BCUT2D eigenvalue weighted by atomic mass is 10.0. The first-order valence-electron chi connectivity index (χ1n) is 10.1. The molecule has 1 aromatic heterocycles. The largest absolute Gasteiger partial charge is 0.416 e. The second-order valence-electron chi connectivity index (χ2n) is 7.37. The Hall–Kier alpha value is -2.97. The summed E-state index contributed by atoms with van der Waals surface area (Å²) in [4.78, 5) is 15.3. The first-order valence-corrected chi connectivity index (χ1v) is 10.1. The lowest BCUT2D eigenvalue weighted by Crippen LogP contribution is -2.39. The molecule has 0 radical (unpaired) electrons. The summed E-state index contributed by atoms with van der Waals surface area (Å²) < 4.78 is 46.3. The van der Waals surface area contributed by atoms with E-state index in [1.165, 1.54) is 10.7 Å². The van der Waals surface area contributed by atoms with E-state index in [0.29, 0.717) is 48.7 Å². The zero-order valence-corrected chi connectivity index (χ0v) is 16.8. The molecule has 3 aromatic rings. The highest BCUT2D eigenvalue weighted by molar-refractivity contribution is 5.69. The van der Waals surface area contributed by atoms with E-state index in [9.17, 15) is 18.0 Å². The molecule has 1 fully saturated rings. The number of hydrogen-bond donors (Lipinski definition) is 0. The number of alkyl halides is 3. The van der Waals surface area contributed by atoms with Crippen molar-refractivity contribution >= 4 is 0 Å². The highest BCUT2D eigenvalue weighted by Crippen LogP contribution is 2.32. The maximum Gasteiger partial charge on any atom is 0.416 e. The molecule has 4 rings (SSSR count). The van der Waals surface area contributed by atoms with Gasteiger partial charge in [0.15, 0.2) is 0 Å². The predicted octanol–water partition coefficient (Wildman–Crippen LogP) is 3.93. The molecule has 2 heterocycles. The van der Waals surface area contributed by atoms with Crippen LogP contribution in [0, 0.1) is 0 Å². The summed E-state index contributed by atoms with van der Waals surface area (Å²) in [5, 5.41) is 4.42. The minimum absolute atomic E-state index is 0.268. The lowest BCUT2D eigenvalue weighted by molar-refractivity contribution is -0.137. The molecule has 0 spiro atoms. The Morgan fingerprint density at radius 3 is 2.32 bits per heavy atom. The molecular weight excluding hydrogens is 407 g/mol. The molecule has 0 bridgehead atoms. The number of nitrogens with zero attached hydrogens (tertiary/aromatic N) is 3. The summed E-state index contributed by atoms with van der Waals surface area (Å²) in [5.74, 6) is 0. The van der Waals surface area contributed by atoms with Crippen LogP contribution >= 0.6 is 0 Å². The highest BCUT2D eigenvalue weighted by Gasteiger charge is 2.30. The average molecular weight is 429 g/mol. The van der Waals surface area contributed by atoms with Crippen LogP contribution in [-0.2, 0) is 17.5 Å². The number of ether oxygens (including phenoxy) is 1. The molecule has 0 unspecified atom stereocenters. The van der Waals surface area contributed by atoms with Gasteiger partial charge in [0.25, 0.3) is 5.56 Å². The molecule has 0 aliphatic carbocycles. The van der Waals surface area contributed by atoms with Crippen LogP contribution < -0.4 is 5.56 Å². The van der Waals surface area contributed by atoms with Crippen molar-refractivity contribution in [1.82, 2.24) is 14.7 Å². The molecule has 2 aromatic carbocycles. The summed E-state index contributed by atoms with van der Waals surface area (Å²) in [5.41, 5.74) is 0.723. The molecule has 0 amide bonds. The van der Waals surface area contributed by atoms with E-state index in [2.05, 4.69) is 10.00 Å². The van der Waals surface area contributed by atoms with Crippen molar-refractivity contribution < 1.29 is 17.9 Å². The van der Waals surface area contributed by atoms with Crippen molar-refractivity contribution in [3.63, 3.8) is 0 Å². The maximum atomic E-state index is 13.2. The lowest BCUT2D eigenvalue weighted by Gasteiger charge is -2.26. The second-order valence-corrected chi connectivity index (χ2v) is 7.37. The summed E-state index contributed by atoms with van der Waals surface area (Å²) in [6.45, 7) is 3.77. The van der Waals surface area contributed by atoms with Crippen LogP contribution in [0.1, 0.15) is 5.56 Å². The minimum Gasteiger partial charge on any atom is -0.379 e. The van der Waals surface area contributed by atoms with Crippen LogP contribution in [-0.4, -0.2) is 47.5 Å². The van der Waals surface area contributed by atoms with Crippen LogP contribution in [0.25, 0.3) is 22.4 Å². The van der Waals surface area contributed by atoms with E-state index >= 15 is 0 Å². The number of aromatic nitrogens is 2. The maximum absolute atomic E-state index is 13.2. The van der Waals surface area contributed by atoms with Crippen molar-refractivity contribution in [1.29, 1.82) is 0 Å². The topological polar surface area (TPSA) is 47.4 Å². The number of hydrogen-bond acceptors (Lipinski definition) is 4. The van der Waals surface area contributed by atoms with Crippen LogP contribution in [0.15, 0.2) is 65.5 Å². The molecule has 8 heteroatoms. The standard InChI is InChI=1S/C23H22F3N3O2/c24-23(25,26)19-8-4-7-18(15-19)21-16-20(17-5-2-1-3-6-17)22(30)29(27-21)10-9-28-11-13-31-14-12-28/h1-8,15-16H,9-14H2. The van der Waals surface area contributed by atoms with Crippen LogP contribution in [0.2, 0.25) is 0 Å². The van der Waals surface area contributed by atoms with Crippen LogP contribution in [0.3, 0.4) is 0 Å². The van der Waals surface area contributed by atoms with Crippen molar-refractivity contribution in [2.45, 2.75) is 12.7 Å². The van der Waals surface area contributed by atoms with E-state index in [1.54, 1.807) is 24.3 Å². The molecule has 0 N–H and O–H groups in total. The highest BCUT2D eigenvalue weighted by atomic mass is 19.4. The van der Waals surface area contributed by atoms with Gasteiger partial charge in [-0.25, -0.2) is 4.68 Å². The smallest absolute Gasteiger partial charge is 0.379 e. The Balaban J connectivity index is 1.75. The molecule has 0 saturated carbocycles. The summed E-state index contributed by atoms with van der Waals surface area (Å²) in [7, 11) is 0. The number of halogens is 3. The third kappa shape index (κ3) is 5.03. The molecule has 0 atom stereocenters. The SMILES string of the molecule is O=c1c(-c2ccccc2)cc(-c2cccc(C(F)(F)F)c2)nn1CCN1CCOCC1. The van der Waals surface area contributed by atoms with Gasteiger partial charge in [-0.05, 0) is 23.8 Å². The quantitative estimate of drug-likeness (QED) is 0.617. The van der Waals surface area contributed by atoms with Gasteiger partial charge in [0.2, 0.25) is 0 Å². The van der Waals surface area contributed by atoms with Crippen molar-refractivity contribution in [2.24, 2.45) is 0 Å². The fraction of sp³-hybridized carbons (Fsp3) is 0.304. The Labute approximate surface area is 177 Å².